The third-order valence-corrected chi connectivity index (χ3v) is 2.01. The highest BCUT2D eigenvalue weighted by molar-refractivity contribution is 5.85. The van der Waals surface area contributed by atoms with Gasteiger partial charge in [-0.25, -0.2) is 0 Å². The molecule has 1 aromatic carbocycles. The molecule has 0 bridgehead atoms. The van der Waals surface area contributed by atoms with Crippen molar-refractivity contribution in [3.8, 4) is 5.75 Å². The fourth-order valence-electron chi connectivity index (χ4n) is 1.08. The Morgan fingerprint density at radius 1 is 1.27 bits per heavy atom. The van der Waals surface area contributed by atoms with Crippen LogP contribution in [0.3, 0.4) is 0 Å². The highest BCUT2D eigenvalue weighted by atomic mass is 16.3. The SMILES string of the molecule is Cc1cc(O)c(C=NN=C(N)N)cc1C. The molecule has 1 aromatic rings. The van der Waals surface area contributed by atoms with Crippen molar-refractivity contribution < 1.29 is 5.11 Å². The first kappa shape index (κ1) is 11.0. The smallest absolute Gasteiger partial charge is 0.211 e. The van der Waals surface area contributed by atoms with Crippen molar-refractivity contribution in [2.24, 2.45) is 21.7 Å². The molecule has 5 N–H and O–H groups in total. The zero-order chi connectivity index (χ0) is 11.4. The third kappa shape index (κ3) is 2.98. The van der Waals surface area contributed by atoms with Crippen LogP contribution in [0.1, 0.15) is 16.7 Å². The molecule has 0 aliphatic rings. The quantitative estimate of drug-likeness (QED) is 0.376. The summed E-state index contributed by atoms with van der Waals surface area (Å²) in [6, 6.07) is 3.49. The number of nitrogens with zero attached hydrogens (tertiary/aromatic N) is 2. The first-order valence-electron chi connectivity index (χ1n) is 4.43. The summed E-state index contributed by atoms with van der Waals surface area (Å²) in [5, 5.41) is 16.6. The van der Waals surface area contributed by atoms with E-state index >= 15 is 0 Å². The van der Waals surface area contributed by atoms with Crippen molar-refractivity contribution >= 4 is 12.2 Å². The first-order chi connectivity index (χ1) is 7.00. The summed E-state index contributed by atoms with van der Waals surface area (Å²) in [7, 11) is 0. The number of aromatic hydroxyl groups is 1. The van der Waals surface area contributed by atoms with Crippen LogP contribution >= 0.6 is 0 Å². The molecular formula is C10H14N4O. The molecule has 0 saturated heterocycles. The lowest BCUT2D eigenvalue weighted by Gasteiger charge is -2.03. The Bertz CT molecular complexity index is 420. The van der Waals surface area contributed by atoms with E-state index in [1.54, 1.807) is 6.07 Å². The van der Waals surface area contributed by atoms with Crippen LogP contribution in [0.25, 0.3) is 0 Å². The van der Waals surface area contributed by atoms with Gasteiger partial charge in [0, 0.05) is 5.56 Å². The Kier molecular flexibility index (Phi) is 3.28. The van der Waals surface area contributed by atoms with Crippen LogP contribution in [0, 0.1) is 13.8 Å². The van der Waals surface area contributed by atoms with E-state index < -0.39 is 0 Å². The minimum Gasteiger partial charge on any atom is -0.507 e. The van der Waals surface area contributed by atoms with E-state index in [4.69, 9.17) is 11.5 Å². The normalized spacial score (nSPS) is 10.5. The standard InChI is InChI=1S/C10H14N4O/c1-6-3-8(5-13-14-10(11)12)9(15)4-7(6)2/h3-5,15H,1-2H3,(H4,11,12,14). The van der Waals surface area contributed by atoms with E-state index in [9.17, 15) is 5.11 Å². The zero-order valence-electron chi connectivity index (χ0n) is 8.73. The molecule has 0 saturated carbocycles. The molecule has 0 aromatic heterocycles. The van der Waals surface area contributed by atoms with Crippen LogP contribution in [0.15, 0.2) is 22.3 Å². The van der Waals surface area contributed by atoms with Gasteiger partial charge >= 0.3 is 0 Å². The maximum absolute atomic E-state index is 9.58. The number of phenols is 1. The molecule has 1 rings (SSSR count). The second kappa shape index (κ2) is 4.45. The van der Waals surface area contributed by atoms with Crippen LogP contribution < -0.4 is 11.5 Å². The maximum atomic E-state index is 9.58. The van der Waals surface area contributed by atoms with E-state index in [2.05, 4.69) is 10.2 Å². The minimum atomic E-state index is -0.116. The van der Waals surface area contributed by atoms with Crippen LogP contribution in [0.4, 0.5) is 0 Å². The van der Waals surface area contributed by atoms with Crippen LogP contribution in [-0.2, 0) is 0 Å². The number of aryl methyl sites for hydroxylation is 2. The molecule has 0 aliphatic heterocycles. The first-order valence-corrected chi connectivity index (χ1v) is 4.43. The Morgan fingerprint density at radius 2 is 1.87 bits per heavy atom. The highest BCUT2D eigenvalue weighted by Crippen LogP contribution is 2.19. The van der Waals surface area contributed by atoms with Gasteiger partial charge in [-0.2, -0.15) is 5.10 Å². The topological polar surface area (TPSA) is 97.0 Å². The molecule has 0 atom stereocenters. The monoisotopic (exact) mass is 206 g/mol. The number of hydrogen-bond acceptors (Lipinski definition) is 3. The van der Waals surface area contributed by atoms with Crippen molar-refractivity contribution in [1.82, 2.24) is 0 Å². The van der Waals surface area contributed by atoms with Crippen molar-refractivity contribution in [3.63, 3.8) is 0 Å². The Labute approximate surface area is 88.1 Å². The Hall–Kier alpha value is -2.04. The fraction of sp³-hybridized carbons (Fsp3) is 0.200. The Balaban J connectivity index is 3.01. The van der Waals surface area contributed by atoms with Gasteiger partial charge in [0.05, 0.1) is 6.21 Å². The molecule has 0 heterocycles. The van der Waals surface area contributed by atoms with Gasteiger partial charge in [0.15, 0.2) is 0 Å². The molecule has 0 radical (unpaired) electrons. The van der Waals surface area contributed by atoms with Gasteiger partial charge in [0.2, 0.25) is 5.96 Å². The molecule has 15 heavy (non-hydrogen) atoms. The number of hydrogen-bond donors (Lipinski definition) is 3. The molecule has 0 amide bonds. The molecule has 0 fully saturated rings. The van der Waals surface area contributed by atoms with E-state index in [1.807, 2.05) is 19.9 Å². The second-order valence-corrected chi connectivity index (χ2v) is 3.26. The average molecular weight is 206 g/mol. The van der Waals surface area contributed by atoms with Gasteiger partial charge in [0.25, 0.3) is 0 Å². The number of benzene rings is 1. The number of rotatable bonds is 2. The predicted molar refractivity (Wildman–Crippen MR) is 61.0 cm³/mol. The largest absolute Gasteiger partial charge is 0.507 e. The van der Waals surface area contributed by atoms with Crippen LogP contribution in [0.2, 0.25) is 0 Å². The average Bonchev–Trinajstić information content (AvgIpc) is 2.13. The van der Waals surface area contributed by atoms with E-state index in [-0.39, 0.29) is 11.7 Å². The van der Waals surface area contributed by atoms with Gasteiger partial charge in [-0.05, 0) is 37.1 Å². The fourth-order valence-corrected chi connectivity index (χ4v) is 1.08. The molecule has 0 aliphatic carbocycles. The molecule has 0 spiro atoms. The summed E-state index contributed by atoms with van der Waals surface area (Å²) in [5.74, 6) is 0.0437. The van der Waals surface area contributed by atoms with Crippen LogP contribution in [0.5, 0.6) is 5.75 Å². The number of guanidine groups is 1. The van der Waals surface area contributed by atoms with Crippen molar-refractivity contribution in [1.29, 1.82) is 0 Å². The molecule has 0 unspecified atom stereocenters. The highest BCUT2D eigenvalue weighted by Gasteiger charge is 2.01. The maximum Gasteiger partial charge on any atom is 0.211 e. The van der Waals surface area contributed by atoms with Crippen molar-refractivity contribution in [3.05, 3.63) is 28.8 Å². The zero-order valence-corrected chi connectivity index (χ0v) is 8.73. The van der Waals surface area contributed by atoms with Gasteiger partial charge in [-0.15, -0.1) is 5.10 Å². The summed E-state index contributed by atoms with van der Waals surface area (Å²) < 4.78 is 0. The van der Waals surface area contributed by atoms with Crippen molar-refractivity contribution in [2.45, 2.75) is 13.8 Å². The van der Waals surface area contributed by atoms with Gasteiger partial charge in [0.1, 0.15) is 5.75 Å². The molecule has 5 nitrogen and oxygen atoms in total. The molecule has 5 heteroatoms. The van der Waals surface area contributed by atoms with E-state index in [1.165, 1.54) is 6.21 Å². The lowest BCUT2D eigenvalue weighted by Crippen LogP contribution is -2.21. The second-order valence-electron chi connectivity index (χ2n) is 3.26. The lowest BCUT2D eigenvalue weighted by atomic mass is 10.1. The minimum absolute atomic E-state index is 0.116. The number of nitrogens with two attached hydrogens (primary N) is 2. The van der Waals surface area contributed by atoms with Crippen LogP contribution in [-0.4, -0.2) is 17.3 Å². The molecular weight excluding hydrogens is 192 g/mol. The number of phenolic OH excluding ortho intramolecular Hbond substituents is 1. The van der Waals surface area contributed by atoms with Crippen molar-refractivity contribution in [2.75, 3.05) is 0 Å². The predicted octanol–water partition coefficient (Wildman–Crippen LogP) is 0.616. The van der Waals surface area contributed by atoms with Gasteiger partial charge in [-0.3, -0.25) is 0 Å². The summed E-state index contributed by atoms with van der Waals surface area (Å²) in [6.45, 7) is 3.87. The molecule has 80 valence electrons. The summed E-state index contributed by atoms with van der Waals surface area (Å²) >= 11 is 0. The summed E-state index contributed by atoms with van der Waals surface area (Å²) in [4.78, 5) is 0. The summed E-state index contributed by atoms with van der Waals surface area (Å²) in [5.41, 5.74) is 12.9. The van der Waals surface area contributed by atoms with E-state index in [0.717, 1.165) is 11.1 Å². The van der Waals surface area contributed by atoms with E-state index in [0.29, 0.717) is 5.56 Å². The Morgan fingerprint density at radius 3 is 2.47 bits per heavy atom. The third-order valence-electron chi connectivity index (χ3n) is 2.01. The summed E-state index contributed by atoms with van der Waals surface area (Å²) in [6.07, 6.45) is 1.40. The lowest BCUT2D eigenvalue weighted by molar-refractivity contribution is 0.474. The van der Waals surface area contributed by atoms with Gasteiger partial charge < -0.3 is 16.6 Å². The van der Waals surface area contributed by atoms with Gasteiger partial charge in [-0.1, -0.05) is 0 Å².